The third-order valence-electron chi connectivity index (χ3n) is 4.77. The Kier molecular flexibility index (Phi) is 7.94. The highest BCUT2D eigenvalue weighted by atomic mass is 32.2. The minimum Gasteiger partial charge on any atom is -0.478 e. The summed E-state index contributed by atoms with van der Waals surface area (Å²) in [6, 6.07) is 6.60. The number of aromatic carboxylic acids is 1. The number of aromatic nitrogens is 1. The molecule has 0 atom stereocenters. The molecule has 2 aromatic rings. The van der Waals surface area contributed by atoms with Gasteiger partial charge in [0.25, 0.3) is 6.43 Å². The first-order chi connectivity index (χ1) is 15.0. The standard InChI is InChI=1S/C23H24F5NO3S/c1-11(2)10-14-15(20(30)31)17(19(24)25)29-18(23(26,27)28)16(14)21(32)33-13-8-6-12(7-9-13)22(3,4)5/h6-9,11,19H,10H2,1-5H3,(H,30,31). The van der Waals surface area contributed by atoms with E-state index in [1.54, 1.807) is 38.1 Å². The zero-order valence-corrected chi connectivity index (χ0v) is 19.5. The average molecular weight is 490 g/mol. The van der Waals surface area contributed by atoms with E-state index in [1.807, 2.05) is 20.8 Å². The van der Waals surface area contributed by atoms with Gasteiger partial charge in [-0.05, 0) is 52.8 Å². The molecule has 1 aromatic carbocycles. The first kappa shape index (κ1) is 26.8. The van der Waals surface area contributed by atoms with E-state index in [0.717, 1.165) is 5.56 Å². The summed E-state index contributed by atoms with van der Waals surface area (Å²) < 4.78 is 68.4. The van der Waals surface area contributed by atoms with Crippen LogP contribution in [0.25, 0.3) is 0 Å². The molecule has 0 spiro atoms. The fourth-order valence-electron chi connectivity index (χ4n) is 3.27. The molecule has 0 aliphatic heterocycles. The zero-order valence-electron chi connectivity index (χ0n) is 18.7. The monoisotopic (exact) mass is 489 g/mol. The van der Waals surface area contributed by atoms with Gasteiger partial charge in [-0.2, -0.15) is 13.2 Å². The molecule has 0 saturated heterocycles. The van der Waals surface area contributed by atoms with Crippen LogP contribution in [0.1, 0.15) is 84.3 Å². The van der Waals surface area contributed by atoms with Crippen molar-refractivity contribution in [3.8, 4) is 0 Å². The number of pyridine rings is 1. The number of alkyl halides is 5. The van der Waals surface area contributed by atoms with Crippen LogP contribution in [0, 0.1) is 5.92 Å². The van der Waals surface area contributed by atoms with Crippen molar-refractivity contribution >= 4 is 22.8 Å². The number of carbonyl (C=O) groups is 2. The van der Waals surface area contributed by atoms with Crippen molar-refractivity contribution in [3.05, 3.63) is 57.9 Å². The number of hydrogen-bond acceptors (Lipinski definition) is 4. The van der Waals surface area contributed by atoms with Gasteiger partial charge in [0, 0.05) is 4.90 Å². The molecule has 0 radical (unpaired) electrons. The Labute approximate surface area is 192 Å². The van der Waals surface area contributed by atoms with Crippen molar-refractivity contribution in [2.75, 3.05) is 0 Å². The summed E-state index contributed by atoms with van der Waals surface area (Å²) in [5, 5.41) is 8.42. The molecule has 33 heavy (non-hydrogen) atoms. The highest BCUT2D eigenvalue weighted by molar-refractivity contribution is 8.14. The van der Waals surface area contributed by atoms with Gasteiger partial charge >= 0.3 is 12.1 Å². The number of rotatable bonds is 6. The molecule has 0 bridgehead atoms. The van der Waals surface area contributed by atoms with E-state index in [9.17, 15) is 36.6 Å². The Morgan fingerprint density at radius 3 is 1.97 bits per heavy atom. The second kappa shape index (κ2) is 9.79. The number of hydrogen-bond donors (Lipinski definition) is 1. The van der Waals surface area contributed by atoms with Crippen LogP contribution < -0.4 is 0 Å². The summed E-state index contributed by atoms with van der Waals surface area (Å²) in [7, 11) is 0. The van der Waals surface area contributed by atoms with Crippen molar-refractivity contribution in [2.45, 2.75) is 64.0 Å². The van der Waals surface area contributed by atoms with Crippen LogP contribution in [0.15, 0.2) is 29.2 Å². The minimum absolute atomic E-state index is 0.188. The third-order valence-corrected chi connectivity index (χ3v) is 5.66. The fourth-order valence-corrected chi connectivity index (χ4v) is 4.08. The van der Waals surface area contributed by atoms with Crippen LogP contribution in [0.2, 0.25) is 0 Å². The van der Waals surface area contributed by atoms with Gasteiger partial charge in [-0.3, -0.25) is 4.79 Å². The molecule has 1 N–H and O–H groups in total. The molecule has 0 amide bonds. The first-order valence-electron chi connectivity index (χ1n) is 10.0. The largest absolute Gasteiger partial charge is 0.478 e. The second-order valence-electron chi connectivity index (χ2n) is 8.94. The lowest BCUT2D eigenvalue weighted by Crippen LogP contribution is -2.23. The Balaban J connectivity index is 2.74. The first-order valence-corrected chi connectivity index (χ1v) is 10.8. The normalized spacial score (nSPS) is 12.5. The average Bonchev–Trinajstić information content (AvgIpc) is 2.65. The van der Waals surface area contributed by atoms with Crippen LogP contribution >= 0.6 is 11.8 Å². The van der Waals surface area contributed by atoms with Crippen molar-refractivity contribution in [1.82, 2.24) is 4.98 Å². The van der Waals surface area contributed by atoms with Crippen LogP contribution in [-0.2, 0) is 18.0 Å². The number of carboxylic acid groups (broad SMARTS) is 1. The number of carbonyl (C=O) groups excluding carboxylic acids is 1. The molecule has 1 heterocycles. The number of carboxylic acids is 1. The SMILES string of the molecule is CC(C)Cc1c(C(=O)O)c(C(F)F)nc(C(F)(F)F)c1C(=O)Sc1ccc(C(C)(C)C)cc1. The lowest BCUT2D eigenvalue weighted by molar-refractivity contribution is -0.141. The highest BCUT2D eigenvalue weighted by Gasteiger charge is 2.42. The van der Waals surface area contributed by atoms with E-state index in [-0.39, 0.29) is 11.8 Å². The van der Waals surface area contributed by atoms with Gasteiger partial charge in [-0.15, -0.1) is 0 Å². The molecule has 0 aliphatic carbocycles. The van der Waals surface area contributed by atoms with Gasteiger partial charge in [0.15, 0.2) is 5.69 Å². The summed E-state index contributed by atoms with van der Waals surface area (Å²) in [6.07, 6.45) is -9.13. The molecule has 4 nitrogen and oxygen atoms in total. The maximum atomic E-state index is 13.8. The van der Waals surface area contributed by atoms with Crippen molar-refractivity contribution in [1.29, 1.82) is 0 Å². The fraction of sp³-hybridized carbons (Fsp3) is 0.435. The van der Waals surface area contributed by atoms with Crippen LogP contribution in [0.3, 0.4) is 0 Å². The topological polar surface area (TPSA) is 67.3 Å². The van der Waals surface area contributed by atoms with E-state index in [1.165, 1.54) is 0 Å². The Morgan fingerprint density at radius 1 is 1.03 bits per heavy atom. The van der Waals surface area contributed by atoms with Crippen molar-refractivity contribution in [2.24, 2.45) is 5.92 Å². The number of nitrogens with zero attached hydrogens (tertiary/aromatic N) is 1. The minimum atomic E-state index is -5.24. The summed E-state index contributed by atoms with van der Waals surface area (Å²) in [6.45, 7) is 9.06. The maximum Gasteiger partial charge on any atom is 0.434 e. The quantitative estimate of drug-likeness (QED) is 0.344. The lowest BCUT2D eigenvalue weighted by Gasteiger charge is -2.21. The molecular weight excluding hydrogens is 465 g/mol. The molecular formula is C23H24F5NO3S. The summed E-state index contributed by atoms with van der Waals surface area (Å²) in [5.41, 5.74) is -5.19. The van der Waals surface area contributed by atoms with Crippen LogP contribution in [0.4, 0.5) is 22.0 Å². The van der Waals surface area contributed by atoms with Gasteiger partial charge < -0.3 is 5.11 Å². The number of halogens is 5. The molecule has 0 aliphatic rings. The molecule has 1 aromatic heterocycles. The molecule has 10 heteroatoms. The zero-order chi connectivity index (χ0) is 25.3. The van der Waals surface area contributed by atoms with E-state index < -0.39 is 57.7 Å². The summed E-state index contributed by atoms with van der Waals surface area (Å²) in [5.74, 6) is -2.28. The Bertz CT molecular complexity index is 1040. The van der Waals surface area contributed by atoms with E-state index >= 15 is 0 Å². The number of benzene rings is 1. The Morgan fingerprint density at radius 2 is 1.58 bits per heavy atom. The predicted molar refractivity (Wildman–Crippen MR) is 115 cm³/mol. The Hall–Kier alpha value is -2.49. The molecule has 0 unspecified atom stereocenters. The van der Waals surface area contributed by atoms with Gasteiger partial charge in [0.1, 0.15) is 5.69 Å². The second-order valence-corrected chi connectivity index (χ2v) is 9.99. The van der Waals surface area contributed by atoms with E-state index in [2.05, 4.69) is 4.98 Å². The number of thioether (sulfide) groups is 1. The predicted octanol–water partition coefficient (Wildman–Crippen LogP) is 7.16. The van der Waals surface area contributed by atoms with E-state index in [4.69, 9.17) is 0 Å². The van der Waals surface area contributed by atoms with Gasteiger partial charge in [-0.25, -0.2) is 18.6 Å². The van der Waals surface area contributed by atoms with Crippen LogP contribution in [0.5, 0.6) is 0 Å². The van der Waals surface area contributed by atoms with Crippen molar-refractivity contribution < 1.29 is 36.6 Å². The third kappa shape index (κ3) is 6.31. The lowest BCUT2D eigenvalue weighted by atomic mass is 9.87. The van der Waals surface area contributed by atoms with Crippen molar-refractivity contribution in [3.63, 3.8) is 0 Å². The summed E-state index contributed by atoms with van der Waals surface area (Å²) >= 11 is 0.463. The van der Waals surface area contributed by atoms with E-state index in [0.29, 0.717) is 16.7 Å². The maximum absolute atomic E-state index is 13.8. The smallest absolute Gasteiger partial charge is 0.434 e. The molecule has 0 saturated carbocycles. The molecule has 180 valence electrons. The van der Waals surface area contributed by atoms with Gasteiger partial charge in [-0.1, -0.05) is 46.8 Å². The van der Waals surface area contributed by atoms with Gasteiger partial charge in [0.2, 0.25) is 5.12 Å². The van der Waals surface area contributed by atoms with Gasteiger partial charge in [0.05, 0.1) is 11.1 Å². The molecule has 2 rings (SSSR count). The highest BCUT2D eigenvalue weighted by Crippen LogP contribution is 2.40. The summed E-state index contributed by atoms with van der Waals surface area (Å²) in [4.78, 5) is 28.1. The molecule has 0 fully saturated rings. The van der Waals surface area contributed by atoms with Crippen LogP contribution in [-0.4, -0.2) is 21.2 Å².